The molecule has 2 saturated carbocycles. The molecule has 0 aliphatic heterocycles. The van der Waals surface area contributed by atoms with E-state index in [0.29, 0.717) is 30.1 Å². The van der Waals surface area contributed by atoms with Crippen molar-refractivity contribution in [3.8, 4) is 0 Å². The Morgan fingerprint density at radius 2 is 1.15 bits per heavy atom. The number of hydrogen-bond donors (Lipinski definition) is 2. The number of fused-ring (bicyclic) bond motifs is 6. The summed E-state index contributed by atoms with van der Waals surface area (Å²) in [5.74, 6) is 2.75. The minimum absolute atomic E-state index is 0.192. The molecule has 54 heavy (non-hydrogen) atoms. The highest BCUT2D eigenvalue weighted by Crippen LogP contribution is 2.58. The summed E-state index contributed by atoms with van der Waals surface area (Å²) in [6, 6.07) is 24.8. The summed E-state index contributed by atoms with van der Waals surface area (Å²) in [5.41, 5.74) is 11.2. The van der Waals surface area contributed by atoms with Crippen molar-refractivity contribution in [2.45, 2.75) is 168 Å². The first kappa shape index (κ1) is 39.5. The van der Waals surface area contributed by atoms with Gasteiger partial charge in [0.1, 0.15) is 0 Å². The molecule has 3 nitrogen and oxygen atoms in total. The normalized spacial score (nSPS) is 31.0. The van der Waals surface area contributed by atoms with E-state index in [1.807, 2.05) is 30.3 Å². The Morgan fingerprint density at radius 1 is 0.667 bits per heavy atom. The van der Waals surface area contributed by atoms with Crippen LogP contribution in [0, 0.1) is 22.7 Å². The Hall–Kier alpha value is -2.75. The third-order valence-corrected chi connectivity index (χ3v) is 15.8. The van der Waals surface area contributed by atoms with Crippen molar-refractivity contribution in [2.24, 2.45) is 22.7 Å². The van der Waals surface area contributed by atoms with Crippen LogP contribution in [0.25, 0.3) is 0 Å². The lowest BCUT2D eigenvalue weighted by molar-refractivity contribution is 0.0143. The minimum Gasteiger partial charge on any atom is -0.301 e. The summed E-state index contributed by atoms with van der Waals surface area (Å²) in [7, 11) is 0. The van der Waals surface area contributed by atoms with E-state index in [1.54, 1.807) is 22.3 Å². The molecule has 2 N–H and O–H groups in total. The van der Waals surface area contributed by atoms with Crippen molar-refractivity contribution in [1.82, 2.24) is 10.6 Å². The van der Waals surface area contributed by atoms with Crippen molar-refractivity contribution in [1.29, 1.82) is 0 Å². The number of carbonyl (C=O) groups excluding carboxylic acids is 1. The van der Waals surface area contributed by atoms with E-state index in [9.17, 15) is 4.79 Å². The summed E-state index contributed by atoms with van der Waals surface area (Å²) in [6.45, 7) is 21.7. The largest absolute Gasteiger partial charge is 0.301 e. The van der Waals surface area contributed by atoms with Gasteiger partial charge >= 0.3 is 0 Å². The molecule has 0 aromatic heterocycles. The van der Waals surface area contributed by atoms with Crippen LogP contribution in [0.2, 0.25) is 0 Å². The van der Waals surface area contributed by atoms with Crippen molar-refractivity contribution in [3.05, 3.63) is 106 Å². The maximum absolute atomic E-state index is 13.2. The molecule has 0 spiro atoms. The number of Topliss-reactive ketones (excluding diaryl/α,β-unsaturated/α-hetero) is 1. The van der Waals surface area contributed by atoms with E-state index in [2.05, 4.69) is 102 Å². The molecule has 0 radical (unpaired) electrons. The van der Waals surface area contributed by atoms with Crippen LogP contribution in [-0.2, 0) is 23.7 Å². The van der Waals surface area contributed by atoms with E-state index in [-0.39, 0.29) is 33.6 Å². The van der Waals surface area contributed by atoms with Gasteiger partial charge in [-0.05, 0) is 143 Å². The van der Waals surface area contributed by atoms with Gasteiger partial charge in [0, 0.05) is 25.1 Å². The van der Waals surface area contributed by atoms with Crippen LogP contribution < -0.4 is 10.6 Å². The van der Waals surface area contributed by atoms with Crippen LogP contribution in [0.4, 0.5) is 0 Å². The minimum atomic E-state index is 0.192. The van der Waals surface area contributed by atoms with Gasteiger partial charge in [0.25, 0.3) is 0 Å². The van der Waals surface area contributed by atoms with Gasteiger partial charge in [-0.3, -0.25) is 4.79 Å². The second kappa shape index (κ2) is 15.7. The first-order chi connectivity index (χ1) is 25.8. The Kier molecular flexibility index (Phi) is 11.4. The standard InChI is InChI=1S/C51H72N2O/c1-35(2)38-19-23-42-40(31-38)21-25-45-48(5,27-13-29-50(42,45)7)33-52-47(18-12-17-44(54)37-15-10-9-11-16-37)53-34-49(6)28-14-30-51(8)43-24-20-39(36(3)4)32-41(43)22-26-46(49)51/h9-11,15-16,19-20,23-24,31-32,35-36,45-47,52-53H,12-14,17-18,21-22,25-30,33-34H2,1-8H3. The molecule has 3 aromatic rings. The van der Waals surface area contributed by atoms with Gasteiger partial charge in [-0.1, -0.05) is 135 Å². The summed E-state index contributed by atoms with van der Waals surface area (Å²) in [6.07, 6.45) is 15.4. The number of benzene rings is 3. The zero-order valence-electron chi connectivity index (χ0n) is 35.3. The average Bonchev–Trinajstić information content (AvgIpc) is 3.15. The molecule has 6 unspecified atom stereocenters. The molecule has 0 amide bonds. The average molecular weight is 729 g/mol. The van der Waals surface area contributed by atoms with E-state index in [0.717, 1.165) is 31.5 Å². The number of rotatable bonds is 13. The lowest BCUT2D eigenvalue weighted by Crippen LogP contribution is -2.57. The summed E-state index contributed by atoms with van der Waals surface area (Å²) in [5, 5.41) is 8.38. The number of carbonyl (C=O) groups is 1. The topological polar surface area (TPSA) is 41.1 Å². The van der Waals surface area contributed by atoms with Crippen LogP contribution in [0.3, 0.4) is 0 Å². The van der Waals surface area contributed by atoms with Crippen LogP contribution in [0.1, 0.15) is 182 Å². The van der Waals surface area contributed by atoms with E-state index >= 15 is 0 Å². The SMILES string of the molecule is CC(C)c1ccc2c(c1)CCC1C(C)(CNC(CCCC(=O)c3ccccc3)NCC3(C)CCCC4(C)c5ccc(C(C)C)cc5CCC34)CCCC21C. The molecule has 0 bridgehead atoms. The van der Waals surface area contributed by atoms with Crippen molar-refractivity contribution < 1.29 is 4.79 Å². The molecule has 6 atom stereocenters. The fourth-order valence-electron chi connectivity index (χ4n) is 12.7. The maximum atomic E-state index is 13.2. The molecule has 7 rings (SSSR count). The van der Waals surface area contributed by atoms with Crippen molar-refractivity contribution in [2.75, 3.05) is 13.1 Å². The molecule has 4 aliphatic carbocycles. The highest BCUT2D eigenvalue weighted by molar-refractivity contribution is 5.95. The molecular weight excluding hydrogens is 657 g/mol. The number of hydrogen-bond acceptors (Lipinski definition) is 3. The number of nitrogens with one attached hydrogen (secondary N) is 2. The van der Waals surface area contributed by atoms with E-state index < -0.39 is 0 Å². The predicted octanol–water partition coefficient (Wildman–Crippen LogP) is 12.2. The van der Waals surface area contributed by atoms with Crippen LogP contribution in [0.5, 0.6) is 0 Å². The molecule has 0 heterocycles. The van der Waals surface area contributed by atoms with Gasteiger partial charge in [-0.15, -0.1) is 0 Å². The molecular formula is C51H72N2O. The molecule has 2 fully saturated rings. The van der Waals surface area contributed by atoms with Gasteiger partial charge in [-0.25, -0.2) is 0 Å². The molecule has 0 saturated heterocycles. The van der Waals surface area contributed by atoms with Gasteiger partial charge in [0.05, 0.1) is 6.17 Å². The first-order valence-corrected chi connectivity index (χ1v) is 22.1. The molecule has 3 aromatic carbocycles. The third kappa shape index (κ3) is 7.55. The third-order valence-electron chi connectivity index (χ3n) is 15.8. The number of aryl methyl sites for hydroxylation is 2. The van der Waals surface area contributed by atoms with Gasteiger partial charge in [0.2, 0.25) is 0 Å². The van der Waals surface area contributed by atoms with Crippen LogP contribution >= 0.6 is 0 Å². The fraction of sp³-hybridized carbons (Fsp3) is 0.627. The van der Waals surface area contributed by atoms with Gasteiger partial charge < -0.3 is 10.6 Å². The van der Waals surface area contributed by atoms with Crippen molar-refractivity contribution >= 4 is 5.78 Å². The highest BCUT2D eigenvalue weighted by Gasteiger charge is 2.53. The summed E-state index contributed by atoms with van der Waals surface area (Å²) >= 11 is 0. The zero-order chi connectivity index (χ0) is 38.3. The number of ketones is 1. The first-order valence-electron chi connectivity index (χ1n) is 22.1. The monoisotopic (exact) mass is 729 g/mol. The van der Waals surface area contributed by atoms with Crippen LogP contribution in [0.15, 0.2) is 66.7 Å². The van der Waals surface area contributed by atoms with Crippen LogP contribution in [-0.4, -0.2) is 25.0 Å². The predicted molar refractivity (Wildman–Crippen MR) is 228 cm³/mol. The Balaban J connectivity index is 1.08. The second-order valence-corrected chi connectivity index (χ2v) is 20.2. The second-order valence-electron chi connectivity index (χ2n) is 20.2. The van der Waals surface area contributed by atoms with Crippen molar-refractivity contribution in [3.63, 3.8) is 0 Å². The lowest BCUT2D eigenvalue weighted by atomic mass is 9.49. The maximum Gasteiger partial charge on any atom is 0.162 e. The van der Waals surface area contributed by atoms with E-state index in [1.165, 1.54) is 75.3 Å². The Bertz CT molecular complexity index is 1680. The Morgan fingerprint density at radius 3 is 1.61 bits per heavy atom. The highest BCUT2D eigenvalue weighted by atomic mass is 16.1. The quantitative estimate of drug-likeness (QED) is 0.136. The fourth-order valence-corrected chi connectivity index (χ4v) is 12.7. The summed E-state index contributed by atoms with van der Waals surface area (Å²) in [4.78, 5) is 13.2. The lowest BCUT2D eigenvalue weighted by Gasteiger charge is -2.56. The van der Waals surface area contributed by atoms with E-state index in [4.69, 9.17) is 0 Å². The summed E-state index contributed by atoms with van der Waals surface area (Å²) < 4.78 is 0. The Labute approximate surface area is 329 Å². The van der Waals surface area contributed by atoms with Gasteiger partial charge in [-0.2, -0.15) is 0 Å². The van der Waals surface area contributed by atoms with Gasteiger partial charge in [0.15, 0.2) is 5.78 Å². The molecule has 4 aliphatic rings. The zero-order valence-corrected chi connectivity index (χ0v) is 35.3. The molecule has 3 heteroatoms. The smallest absolute Gasteiger partial charge is 0.162 e. The molecule has 292 valence electrons.